The Morgan fingerprint density at radius 1 is 0.519 bits per heavy atom. The topological polar surface area (TPSA) is 118 Å². The summed E-state index contributed by atoms with van der Waals surface area (Å²) in [6.45, 7) is 11.3. The van der Waals surface area contributed by atoms with Crippen molar-refractivity contribution in [1.82, 2.24) is 10.2 Å². The van der Waals surface area contributed by atoms with E-state index in [0.717, 1.165) is 90.4 Å². The summed E-state index contributed by atoms with van der Waals surface area (Å²) in [6, 6.07) is 0. The van der Waals surface area contributed by atoms with Crippen LogP contribution >= 0.6 is 0 Å². The van der Waals surface area contributed by atoms with Gasteiger partial charge in [0, 0.05) is 19.4 Å². The number of nitrogens with one attached hydrogen (secondary N) is 2. The van der Waals surface area contributed by atoms with E-state index in [2.05, 4.69) is 31.0 Å². The van der Waals surface area contributed by atoms with Crippen LogP contribution in [-0.4, -0.2) is 61.7 Å². The predicted octanol–water partition coefficient (Wildman–Crippen LogP) is 12.5. The summed E-state index contributed by atoms with van der Waals surface area (Å²) in [6.07, 6.45) is 39.3. The summed E-state index contributed by atoms with van der Waals surface area (Å²) in [5.74, 6) is 0.0248. The van der Waals surface area contributed by atoms with Gasteiger partial charge in [0.2, 0.25) is 0 Å². The molecule has 320 valence electrons. The van der Waals surface area contributed by atoms with Crippen LogP contribution in [0.5, 0.6) is 0 Å². The van der Waals surface area contributed by atoms with Gasteiger partial charge in [0.1, 0.15) is 6.10 Å². The van der Waals surface area contributed by atoms with Gasteiger partial charge in [-0.25, -0.2) is 0 Å². The first kappa shape index (κ1) is 52.2. The molecule has 0 spiro atoms. The minimum absolute atomic E-state index is 0.0149. The largest absolute Gasteiger partial charge is 0.466 e. The fourth-order valence-electron chi connectivity index (χ4n) is 7.26. The van der Waals surface area contributed by atoms with Crippen molar-refractivity contribution in [2.24, 2.45) is 5.73 Å². The maximum atomic E-state index is 12.8. The van der Waals surface area contributed by atoms with Crippen molar-refractivity contribution in [3.63, 3.8) is 0 Å². The van der Waals surface area contributed by atoms with E-state index in [4.69, 9.17) is 20.6 Å². The summed E-state index contributed by atoms with van der Waals surface area (Å²) in [5.41, 5.74) is 5.48. The van der Waals surface area contributed by atoms with Crippen molar-refractivity contribution in [1.29, 1.82) is 5.41 Å². The third kappa shape index (κ3) is 39.9. The van der Waals surface area contributed by atoms with Crippen molar-refractivity contribution < 1.29 is 19.1 Å². The number of unbranched alkanes of at least 4 members (excludes halogenated alkanes) is 24. The maximum absolute atomic E-state index is 12.8. The van der Waals surface area contributed by atoms with Crippen LogP contribution in [0.4, 0.5) is 0 Å². The highest BCUT2D eigenvalue weighted by Gasteiger charge is 2.14. The molecule has 4 N–H and O–H groups in total. The number of carbonyl (C=O) groups is 2. The molecule has 0 amide bonds. The molecule has 0 radical (unpaired) electrons. The van der Waals surface area contributed by atoms with E-state index in [0.29, 0.717) is 19.4 Å². The van der Waals surface area contributed by atoms with Crippen LogP contribution < -0.4 is 11.1 Å². The standard InChI is InChI=1S/C46H92N4O4/c1-4-7-10-13-16-25-32-42-53-44(51)36-28-21-17-23-30-39-50(41-33-38-49-46(47)48)40-31-24-18-22-29-37-45(52)54-43(34-26-19-14-11-8-5-2)35-27-20-15-12-9-6-3/h43H,4-42H2,1-3H3,(H4,47,48,49). The molecule has 0 saturated heterocycles. The molecule has 0 aliphatic carbocycles. The van der Waals surface area contributed by atoms with Crippen LogP contribution in [0.1, 0.15) is 239 Å². The number of hydrogen-bond donors (Lipinski definition) is 3. The van der Waals surface area contributed by atoms with Gasteiger partial charge in [-0.1, -0.05) is 162 Å². The van der Waals surface area contributed by atoms with E-state index in [1.165, 1.54) is 141 Å². The van der Waals surface area contributed by atoms with Gasteiger partial charge < -0.3 is 25.4 Å². The Bertz CT molecular complexity index is 811. The van der Waals surface area contributed by atoms with Crippen molar-refractivity contribution in [2.75, 3.05) is 32.8 Å². The molecular weight excluding hydrogens is 673 g/mol. The van der Waals surface area contributed by atoms with Gasteiger partial charge in [0.05, 0.1) is 6.61 Å². The third-order valence-corrected chi connectivity index (χ3v) is 10.7. The number of esters is 2. The average Bonchev–Trinajstić information content (AvgIpc) is 3.15. The molecule has 54 heavy (non-hydrogen) atoms. The highest BCUT2D eigenvalue weighted by molar-refractivity contribution is 5.74. The molecule has 0 unspecified atom stereocenters. The maximum Gasteiger partial charge on any atom is 0.306 e. The van der Waals surface area contributed by atoms with Gasteiger partial charge in [-0.05, 0) is 83.8 Å². The Morgan fingerprint density at radius 3 is 1.39 bits per heavy atom. The molecule has 0 bridgehead atoms. The second-order valence-electron chi connectivity index (χ2n) is 16.1. The van der Waals surface area contributed by atoms with Crippen LogP contribution in [0.3, 0.4) is 0 Å². The molecule has 0 aliphatic rings. The molecule has 8 nitrogen and oxygen atoms in total. The third-order valence-electron chi connectivity index (χ3n) is 10.7. The van der Waals surface area contributed by atoms with Gasteiger partial charge in [-0.15, -0.1) is 0 Å². The van der Waals surface area contributed by atoms with Gasteiger partial charge in [-0.3, -0.25) is 15.0 Å². The molecule has 0 atom stereocenters. The monoisotopic (exact) mass is 765 g/mol. The minimum atomic E-state index is -0.0301. The van der Waals surface area contributed by atoms with E-state index < -0.39 is 0 Å². The number of nitrogens with zero attached hydrogens (tertiary/aromatic N) is 1. The van der Waals surface area contributed by atoms with E-state index >= 15 is 0 Å². The van der Waals surface area contributed by atoms with Crippen molar-refractivity contribution >= 4 is 17.9 Å². The average molecular weight is 765 g/mol. The van der Waals surface area contributed by atoms with Crippen LogP contribution in [0.2, 0.25) is 0 Å². The normalized spacial score (nSPS) is 11.4. The Hall–Kier alpha value is -1.83. The van der Waals surface area contributed by atoms with E-state index in [1.807, 2.05) is 0 Å². The van der Waals surface area contributed by atoms with Crippen molar-refractivity contribution in [2.45, 2.75) is 245 Å². The summed E-state index contributed by atoms with van der Waals surface area (Å²) >= 11 is 0. The number of guanidine groups is 1. The lowest BCUT2D eigenvalue weighted by molar-refractivity contribution is -0.150. The smallest absolute Gasteiger partial charge is 0.306 e. The van der Waals surface area contributed by atoms with Gasteiger partial charge >= 0.3 is 11.9 Å². The molecule has 0 aliphatic heterocycles. The molecule has 8 heteroatoms. The second-order valence-corrected chi connectivity index (χ2v) is 16.1. The first-order valence-electron chi connectivity index (χ1n) is 23.6. The van der Waals surface area contributed by atoms with Gasteiger partial charge in [-0.2, -0.15) is 0 Å². The molecule has 0 rings (SSSR count). The quantitative estimate of drug-likeness (QED) is 0.0245. The minimum Gasteiger partial charge on any atom is -0.466 e. The number of nitrogens with two attached hydrogens (primary N) is 1. The highest BCUT2D eigenvalue weighted by atomic mass is 16.5. The van der Waals surface area contributed by atoms with Crippen LogP contribution in [0, 0.1) is 5.41 Å². The lowest BCUT2D eigenvalue weighted by atomic mass is 10.0. The summed E-state index contributed by atoms with van der Waals surface area (Å²) in [4.78, 5) is 27.4. The lowest BCUT2D eigenvalue weighted by Crippen LogP contribution is -2.34. The van der Waals surface area contributed by atoms with Gasteiger partial charge in [0.15, 0.2) is 5.96 Å². The van der Waals surface area contributed by atoms with E-state index in [1.54, 1.807) is 0 Å². The number of carbonyl (C=O) groups excluding carboxylic acids is 2. The van der Waals surface area contributed by atoms with Crippen LogP contribution in [-0.2, 0) is 19.1 Å². The molecule has 0 aromatic carbocycles. The zero-order valence-corrected chi connectivity index (χ0v) is 36.3. The fourth-order valence-corrected chi connectivity index (χ4v) is 7.26. The Labute approximate surface area is 335 Å². The summed E-state index contributed by atoms with van der Waals surface area (Å²) in [5, 5.41) is 10.4. The fraction of sp³-hybridized carbons (Fsp3) is 0.935. The Kier molecular flexibility index (Phi) is 40.9. The predicted molar refractivity (Wildman–Crippen MR) is 231 cm³/mol. The second kappa shape index (κ2) is 42.3. The zero-order valence-electron chi connectivity index (χ0n) is 36.3. The van der Waals surface area contributed by atoms with Gasteiger partial charge in [0.25, 0.3) is 0 Å². The summed E-state index contributed by atoms with van der Waals surface area (Å²) in [7, 11) is 0. The van der Waals surface area contributed by atoms with E-state index in [9.17, 15) is 9.59 Å². The number of rotatable bonds is 43. The highest BCUT2D eigenvalue weighted by Crippen LogP contribution is 2.18. The Morgan fingerprint density at radius 2 is 0.907 bits per heavy atom. The molecule has 0 heterocycles. The molecule has 0 aromatic rings. The van der Waals surface area contributed by atoms with Crippen LogP contribution in [0.15, 0.2) is 0 Å². The van der Waals surface area contributed by atoms with Crippen molar-refractivity contribution in [3.05, 3.63) is 0 Å². The molecule has 0 saturated carbocycles. The van der Waals surface area contributed by atoms with Crippen LogP contribution in [0.25, 0.3) is 0 Å². The van der Waals surface area contributed by atoms with Crippen molar-refractivity contribution in [3.8, 4) is 0 Å². The lowest BCUT2D eigenvalue weighted by Gasteiger charge is -2.22. The zero-order chi connectivity index (χ0) is 39.6. The molecular formula is C46H92N4O4. The van der Waals surface area contributed by atoms with E-state index in [-0.39, 0.29) is 24.0 Å². The first-order valence-corrected chi connectivity index (χ1v) is 23.6. The first-order chi connectivity index (χ1) is 26.4. The summed E-state index contributed by atoms with van der Waals surface area (Å²) < 4.78 is 11.5. The number of ether oxygens (including phenoxy) is 2. The Balaban J connectivity index is 4.23. The molecule has 0 fully saturated rings. The number of hydrogen-bond acceptors (Lipinski definition) is 6. The SMILES string of the molecule is CCCCCCCCCOC(=O)CCCCCCCN(CCCCCCCC(=O)OC(CCCCCCCC)CCCCCCCC)CCCNC(=N)N. The molecule has 0 aromatic heterocycles.